The zero-order valence-corrected chi connectivity index (χ0v) is 15.7. The summed E-state index contributed by atoms with van der Waals surface area (Å²) in [6, 6.07) is 7.41. The lowest BCUT2D eigenvalue weighted by Crippen LogP contribution is -2.45. The smallest absolute Gasteiger partial charge is 0.346 e. The van der Waals surface area contributed by atoms with E-state index in [9.17, 15) is 14.7 Å². The molecule has 4 rings (SSSR count). The number of hydrogen-bond acceptors (Lipinski definition) is 4. The van der Waals surface area contributed by atoms with Gasteiger partial charge in [-0.25, -0.2) is 9.48 Å². The van der Waals surface area contributed by atoms with Crippen molar-refractivity contribution in [1.82, 2.24) is 19.2 Å². The number of amides is 1. The van der Waals surface area contributed by atoms with Crippen molar-refractivity contribution in [2.45, 2.75) is 57.7 Å². The summed E-state index contributed by atoms with van der Waals surface area (Å²) in [7, 11) is 0. The molecule has 1 amide bonds. The maximum atomic E-state index is 13.1. The van der Waals surface area contributed by atoms with Crippen molar-refractivity contribution < 1.29 is 9.90 Å². The van der Waals surface area contributed by atoms with E-state index in [0.717, 1.165) is 24.8 Å². The van der Waals surface area contributed by atoms with Crippen LogP contribution in [-0.4, -0.2) is 49.5 Å². The highest BCUT2D eigenvalue weighted by molar-refractivity contribution is 5.81. The number of carbonyl (C=O) groups is 1. The molecule has 0 spiro atoms. The second-order valence-corrected chi connectivity index (χ2v) is 7.63. The Morgan fingerprint density at radius 3 is 2.74 bits per heavy atom. The van der Waals surface area contributed by atoms with E-state index < -0.39 is 6.04 Å². The Labute approximate surface area is 158 Å². The number of aliphatic hydroxyl groups excluding tert-OH is 1. The van der Waals surface area contributed by atoms with Crippen LogP contribution in [0.3, 0.4) is 0 Å². The van der Waals surface area contributed by atoms with Crippen molar-refractivity contribution in [3.05, 3.63) is 51.7 Å². The van der Waals surface area contributed by atoms with Gasteiger partial charge in [-0.1, -0.05) is 29.8 Å². The lowest BCUT2D eigenvalue weighted by molar-refractivity contribution is -0.137. The first-order chi connectivity index (χ1) is 13.1. The van der Waals surface area contributed by atoms with E-state index in [1.165, 1.54) is 10.2 Å². The minimum absolute atomic E-state index is 0.0209. The first-order valence-electron chi connectivity index (χ1n) is 9.73. The zero-order chi connectivity index (χ0) is 19.0. The van der Waals surface area contributed by atoms with E-state index in [1.807, 2.05) is 31.2 Å². The van der Waals surface area contributed by atoms with Crippen LogP contribution in [0.2, 0.25) is 0 Å². The first kappa shape index (κ1) is 18.0. The van der Waals surface area contributed by atoms with Crippen LogP contribution in [0.25, 0.3) is 0 Å². The van der Waals surface area contributed by atoms with Crippen LogP contribution in [0, 0.1) is 6.92 Å². The van der Waals surface area contributed by atoms with Crippen molar-refractivity contribution in [3.8, 4) is 0 Å². The quantitative estimate of drug-likeness (QED) is 0.879. The van der Waals surface area contributed by atoms with Gasteiger partial charge in [-0.15, -0.1) is 0 Å². The van der Waals surface area contributed by atoms with E-state index >= 15 is 0 Å². The summed E-state index contributed by atoms with van der Waals surface area (Å²) < 4.78 is 3.06. The molecule has 27 heavy (non-hydrogen) atoms. The standard InChI is InChI=1S/C20H26N4O3/c1-14-7-9-15(10-8-14)12-23-20(27)24-17(5-2-6-18(24)21-23)19(26)22-11-3-4-16(22)13-25/h7-10,16-17,25H,2-6,11-13H2,1H3/t16-,17-/m0/s1. The van der Waals surface area contributed by atoms with E-state index in [2.05, 4.69) is 5.10 Å². The fourth-order valence-corrected chi connectivity index (χ4v) is 4.24. The third-order valence-electron chi connectivity index (χ3n) is 5.74. The van der Waals surface area contributed by atoms with Gasteiger partial charge in [0.25, 0.3) is 0 Å². The van der Waals surface area contributed by atoms with E-state index in [-0.39, 0.29) is 24.2 Å². The monoisotopic (exact) mass is 370 g/mol. The Morgan fingerprint density at radius 1 is 1.22 bits per heavy atom. The van der Waals surface area contributed by atoms with Gasteiger partial charge in [-0.2, -0.15) is 5.10 Å². The van der Waals surface area contributed by atoms with Gasteiger partial charge in [-0.3, -0.25) is 9.36 Å². The molecule has 144 valence electrons. The van der Waals surface area contributed by atoms with Crippen LogP contribution in [0.1, 0.15) is 48.7 Å². The second kappa shape index (κ2) is 7.31. The van der Waals surface area contributed by atoms with E-state index in [1.54, 1.807) is 9.47 Å². The van der Waals surface area contributed by atoms with Crippen molar-refractivity contribution >= 4 is 5.91 Å². The van der Waals surface area contributed by atoms with Crippen molar-refractivity contribution in [2.24, 2.45) is 0 Å². The molecule has 7 heteroatoms. The van der Waals surface area contributed by atoms with Crippen LogP contribution in [0.15, 0.2) is 29.1 Å². The number of benzene rings is 1. The first-order valence-corrected chi connectivity index (χ1v) is 9.73. The Kier molecular flexibility index (Phi) is 4.86. The third-order valence-corrected chi connectivity index (χ3v) is 5.74. The van der Waals surface area contributed by atoms with Gasteiger partial charge in [0.2, 0.25) is 5.91 Å². The largest absolute Gasteiger partial charge is 0.394 e. The topological polar surface area (TPSA) is 80.4 Å². The molecule has 3 heterocycles. The molecule has 0 radical (unpaired) electrons. The van der Waals surface area contributed by atoms with Gasteiger partial charge < -0.3 is 10.0 Å². The lowest BCUT2D eigenvalue weighted by atomic mass is 10.0. The zero-order valence-electron chi connectivity index (χ0n) is 15.7. The van der Waals surface area contributed by atoms with E-state index in [4.69, 9.17) is 0 Å². The highest BCUT2D eigenvalue weighted by Crippen LogP contribution is 2.27. The maximum Gasteiger partial charge on any atom is 0.346 e. The Balaban J connectivity index is 1.62. The van der Waals surface area contributed by atoms with Crippen LogP contribution in [-0.2, 0) is 17.8 Å². The fraction of sp³-hybridized carbons (Fsp3) is 0.550. The Bertz CT molecular complexity index is 884. The SMILES string of the molecule is Cc1ccc(Cn2nc3n(c2=O)[C@H](C(=O)N2CCC[C@H]2CO)CCC3)cc1. The number of aromatic nitrogens is 3. The average Bonchev–Trinajstić information content (AvgIpc) is 3.28. The van der Waals surface area contributed by atoms with Crippen molar-refractivity contribution in [3.63, 3.8) is 0 Å². The fourth-order valence-electron chi connectivity index (χ4n) is 4.24. The number of nitrogens with zero attached hydrogens (tertiary/aromatic N) is 4. The summed E-state index contributed by atoms with van der Waals surface area (Å²) >= 11 is 0. The summed E-state index contributed by atoms with van der Waals surface area (Å²) in [6.45, 7) is 3.07. The number of aliphatic hydroxyl groups is 1. The van der Waals surface area contributed by atoms with Crippen LogP contribution >= 0.6 is 0 Å². The molecule has 1 saturated heterocycles. The molecule has 0 unspecified atom stereocenters. The molecule has 0 aliphatic carbocycles. The molecule has 2 aliphatic rings. The van der Waals surface area contributed by atoms with Gasteiger partial charge in [-0.05, 0) is 38.2 Å². The summed E-state index contributed by atoms with van der Waals surface area (Å²) in [5, 5.41) is 14.1. The number of carbonyl (C=O) groups excluding carboxylic acids is 1. The summed E-state index contributed by atoms with van der Waals surface area (Å²) in [6.07, 6.45) is 3.93. The molecule has 1 aromatic carbocycles. The molecule has 1 N–H and O–H groups in total. The van der Waals surface area contributed by atoms with Crippen LogP contribution < -0.4 is 5.69 Å². The normalized spacial score (nSPS) is 22.1. The summed E-state index contributed by atoms with van der Waals surface area (Å²) in [5.41, 5.74) is 1.97. The Morgan fingerprint density at radius 2 is 2.00 bits per heavy atom. The number of aryl methyl sites for hydroxylation is 2. The third kappa shape index (κ3) is 3.32. The molecule has 7 nitrogen and oxygen atoms in total. The number of rotatable bonds is 4. The molecule has 2 aliphatic heterocycles. The van der Waals surface area contributed by atoms with Crippen molar-refractivity contribution in [1.29, 1.82) is 0 Å². The maximum absolute atomic E-state index is 13.1. The highest BCUT2D eigenvalue weighted by atomic mass is 16.3. The second-order valence-electron chi connectivity index (χ2n) is 7.63. The predicted octanol–water partition coefficient (Wildman–Crippen LogP) is 1.26. The number of hydrogen-bond donors (Lipinski definition) is 1. The number of fused-ring (bicyclic) bond motifs is 1. The van der Waals surface area contributed by atoms with Gasteiger partial charge in [0, 0.05) is 13.0 Å². The highest BCUT2D eigenvalue weighted by Gasteiger charge is 2.37. The molecule has 0 saturated carbocycles. The molecule has 0 bridgehead atoms. The van der Waals surface area contributed by atoms with Crippen LogP contribution in [0.5, 0.6) is 0 Å². The predicted molar refractivity (Wildman–Crippen MR) is 101 cm³/mol. The van der Waals surface area contributed by atoms with Gasteiger partial charge in [0.15, 0.2) is 0 Å². The molecular weight excluding hydrogens is 344 g/mol. The van der Waals surface area contributed by atoms with Crippen molar-refractivity contribution in [2.75, 3.05) is 13.2 Å². The minimum atomic E-state index is -0.500. The average molecular weight is 370 g/mol. The summed E-state index contributed by atoms with van der Waals surface area (Å²) in [5.74, 6) is 0.640. The Hall–Kier alpha value is -2.41. The molecule has 2 atom stereocenters. The molecular formula is C20H26N4O3. The molecule has 1 fully saturated rings. The van der Waals surface area contributed by atoms with E-state index in [0.29, 0.717) is 31.8 Å². The van der Waals surface area contributed by atoms with Gasteiger partial charge in [0.05, 0.1) is 19.2 Å². The van der Waals surface area contributed by atoms with Crippen LogP contribution in [0.4, 0.5) is 0 Å². The molecule has 2 aromatic rings. The minimum Gasteiger partial charge on any atom is -0.394 e. The molecule has 1 aromatic heterocycles. The summed E-state index contributed by atoms with van der Waals surface area (Å²) in [4.78, 5) is 27.9. The number of likely N-dealkylation sites (tertiary alicyclic amines) is 1. The van der Waals surface area contributed by atoms with Gasteiger partial charge in [0.1, 0.15) is 11.9 Å². The van der Waals surface area contributed by atoms with Gasteiger partial charge >= 0.3 is 5.69 Å². The lowest BCUT2D eigenvalue weighted by Gasteiger charge is -2.30.